The van der Waals surface area contributed by atoms with E-state index in [0.29, 0.717) is 0 Å². The van der Waals surface area contributed by atoms with Crippen molar-refractivity contribution in [1.29, 1.82) is 0 Å². The summed E-state index contributed by atoms with van der Waals surface area (Å²) in [6.07, 6.45) is 10.1. The lowest BCUT2D eigenvalue weighted by atomic mass is 9.82. The predicted octanol–water partition coefficient (Wildman–Crippen LogP) is 23.4. The van der Waals surface area contributed by atoms with Gasteiger partial charge in [-0.1, -0.05) is 322 Å². The van der Waals surface area contributed by atoms with E-state index in [4.69, 9.17) is 6.42 Å². The molecule has 0 saturated carbocycles. The summed E-state index contributed by atoms with van der Waals surface area (Å²) in [7, 11) is 0. The molecular formula is C86H72. The van der Waals surface area contributed by atoms with Gasteiger partial charge in [0.25, 0.3) is 0 Å². The van der Waals surface area contributed by atoms with Gasteiger partial charge in [0.15, 0.2) is 0 Å². The van der Waals surface area contributed by atoms with Crippen molar-refractivity contribution in [2.24, 2.45) is 0 Å². The third kappa shape index (κ3) is 9.94. The lowest BCUT2D eigenvalue weighted by Gasteiger charge is -2.20. The third-order valence-electron chi connectivity index (χ3n) is 17.7. The molecule has 0 atom stereocenters. The first-order chi connectivity index (χ1) is 42.2. The number of hydrogen-bond acceptors (Lipinski definition) is 0. The Hall–Kier alpha value is -10.1. The first kappa shape index (κ1) is 56.4. The Morgan fingerprint density at radius 1 is 0.279 bits per heavy atom. The van der Waals surface area contributed by atoms with Crippen molar-refractivity contribution < 1.29 is 0 Å². The molecule has 0 aliphatic heterocycles. The van der Waals surface area contributed by atoms with Gasteiger partial charge in [0, 0.05) is 16.4 Å². The second-order valence-corrected chi connectivity index (χ2v) is 23.0. The zero-order valence-corrected chi connectivity index (χ0v) is 50.7. The summed E-state index contributed by atoms with van der Waals surface area (Å²) >= 11 is 0. The maximum atomic E-state index is 5.42. The standard InChI is InChI=1S/C30H18.C22H14.2C15H14.2C2H6/c1-3-10-26-24(8-1)25-9-2-4-11-27(25)28(26)18-22-15-14-21-13-12-19-6-5-7-20-16-17-23(22)30(21)29(19)20;1-2-16-11-13-17(14-12-16)15-22-20-9-5-3-7-18(20)19-8-4-6-10-21(19)22;2*1-15(2)13-9-5-3-7-11(13)12-8-4-6-10-14(12)15;2*1-2/h1-18H;1,3-15H;2*3-10H,1-2H3;2*1-2H3. The molecule has 4 aliphatic carbocycles. The van der Waals surface area contributed by atoms with Crippen LogP contribution in [0.25, 0.3) is 100 Å². The van der Waals surface area contributed by atoms with Crippen molar-refractivity contribution in [3.63, 3.8) is 0 Å². The number of benzene rings is 13. The number of terminal acetylenes is 1. The van der Waals surface area contributed by atoms with Gasteiger partial charge in [-0.2, -0.15) is 0 Å². The average molecular weight is 1110 g/mol. The van der Waals surface area contributed by atoms with E-state index in [1.165, 1.54) is 144 Å². The van der Waals surface area contributed by atoms with Crippen molar-refractivity contribution >= 4 is 55.6 Å². The topological polar surface area (TPSA) is 0 Å². The van der Waals surface area contributed by atoms with Gasteiger partial charge < -0.3 is 0 Å². The summed E-state index contributed by atoms with van der Waals surface area (Å²) in [5.74, 6) is 2.66. The van der Waals surface area contributed by atoms with E-state index in [1.54, 1.807) is 0 Å². The van der Waals surface area contributed by atoms with Crippen LogP contribution in [0.2, 0.25) is 0 Å². The summed E-state index contributed by atoms with van der Waals surface area (Å²) in [5, 5.41) is 8.01. The monoisotopic (exact) mass is 1100 g/mol. The molecule has 13 aromatic rings. The Bertz CT molecular complexity index is 4430. The van der Waals surface area contributed by atoms with Gasteiger partial charge in [-0.05, 0) is 168 Å². The Balaban J connectivity index is 0.000000115. The van der Waals surface area contributed by atoms with E-state index in [-0.39, 0.29) is 10.8 Å². The fourth-order valence-corrected chi connectivity index (χ4v) is 13.6. The fraction of sp³-hybridized carbons (Fsp3) is 0.116. The second kappa shape index (κ2) is 23.9. The fourth-order valence-electron chi connectivity index (χ4n) is 13.6. The molecule has 0 amide bonds. The molecule has 0 nitrogen and oxygen atoms in total. The van der Waals surface area contributed by atoms with Crippen LogP contribution >= 0.6 is 0 Å². The highest BCUT2D eigenvalue weighted by Gasteiger charge is 2.36. The number of rotatable bonds is 2. The predicted molar refractivity (Wildman–Crippen MR) is 373 cm³/mol. The van der Waals surface area contributed by atoms with Gasteiger partial charge in [0.2, 0.25) is 0 Å². The summed E-state index contributed by atoms with van der Waals surface area (Å²) in [6, 6.07) is 97.9. The molecule has 86 heavy (non-hydrogen) atoms. The molecule has 0 unspecified atom stereocenters. The van der Waals surface area contributed by atoms with Crippen LogP contribution in [-0.4, -0.2) is 0 Å². The van der Waals surface area contributed by atoms with E-state index in [2.05, 4.69) is 307 Å². The molecular weight excluding hydrogens is 1030 g/mol. The SMILES string of the molecule is C#Cc1ccc(C=C2c3ccccc3-c3ccccc32)cc1.C(=C1c2ccccc2-c2ccccc21)c1ccc2ccc3cccc4ccc1c2c34.CC.CC.CC1(C)c2ccccc2-c2ccccc21.CC1(C)c2ccccc2-c2ccccc21. The normalized spacial score (nSPS) is 13.0. The van der Waals surface area contributed by atoms with Crippen LogP contribution in [0.3, 0.4) is 0 Å². The molecule has 0 bridgehead atoms. The molecule has 13 aromatic carbocycles. The van der Waals surface area contributed by atoms with E-state index in [0.717, 1.165) is 5.56 Å². The largest absolute Gasteiger partial charge is 0.115 e. The molecule has 0 N–H and O–H groups in total. The minimum Gasteiger partial charge on any atom is -0.115 e. The molecule has 0 radical (unpaired) electrons. The van der Waals surface area contributed by atoms with Crippen molar-refractivity contribution in [2.45, 2.75) is 66.2 Å². The van der Waals surface area contributed by atoms with Crippen molar-refractivity contribution in [2.75, 3.05) is 0 Å². The Kier molecular flexibility index (Phi) is 15.7. The molecule has 17 rings (SSSR count). The van der Waals surface area contributed by atoms with Gasteiger partial charge in [-0.15, -0.1) is 6.42 Å². The lowest BCUT2D eigenvalue weighted by molar-refractivity contribution is 0.660. The van der Waals surface area contributed by atoms with E-state index >= 15 is 0 Å². The van der Waals surface area contributed by atoms with Gasteiger partial charge in [0.05, 0.1) is 0 Å². The zero-order valence-electron chi connectivity index (χ0n) is 50.7. The number of hydrogen-bond donors (Lipinski definition) is 0. The minimum atomic E-state index is 0.160. The van der Waals surface area contributed by atoms with Gasteiger partial charge in [-0.3, -0.25) is 0 Å². The van der Waals surface area contributed by atoms with Crippen LogP contribution in [0.5, 0.6) is 0 Å². The molecule has 0 aromatic heterocycles. The summed E-state index contributed by atoms with van der Waals surface area (Å²) < 4.78 is 0. The highest BCUT2D eigenvalue weighted by atomic mass is 14.4. The summed E-state index contributed by atoms with van der Waals surface area (Å²) in [6.45, 7) is 17.2. The molecule has 0 heteroatoms. The van der Waals surface area contributed by atoms with Gasteiger partial charge in [-0.25, -0.2) is 0 Å². The smallest absolute Gasteiger partial charge is 0.0243 e. The first-order valence-electron chi connectivity index (χ1n) is 30.6. The third-order valence-corrected chi connectivity index (χ3v) is 17.7. The van der Waals surface area contributed by atoms with E-state index in [9.17, 15) is 0 Å². The highest BCUT2D eigenvalue weighted by Crippen LogP contribution is 2.51. The van der Waals surface area contributed by atoms with Crippen LogP contribution in [0.1, 0.15) is 117 Å². The Labute approximate surface area is 509 Å². The lowest BCUT2D eigenvalue weighted by Crippen LogP contribution is -2.14. The van der Waals surface area contributed by atoms with Crippen molar-refractivity contribution in [3.8, 4) is 56.9 Å². The van der Waals surface area contributed by atoms with E-state index < -0.39 is 0 Å². The van der Waals surface area contributed by atoms with Crippen LogP contribution in [0.15, 0.2) is 273 Å². The van der Waals surface area contributed by atoms with Crippen LogP contribution in [-0.2, 0) is 10.8 Å². The Morgan fingerprint density at radius 3 is 0.953 bits per heavy atom. The zero-order chi connectivity index (χ0) is 59.5. The van der Waals surface area contributed by atoms with Crippen molar-refractivity contribution in [3.05, 3.63) is 334 Å². The molecule has 0 spiro atoms. The van der Waals surface area contributed by atoms with Crippen molar-refractivity contribution in [1.82, 2.24) is 0 Å². The highest BCUT2D eigenvalue weighted by molar-refractivity contribution is 6.25. The van der Waals surface area contributed by atoms with Crippen LogP contribution < -0.4 is 0 Å². The maximum absolute atomic E-state index is 5.42. The minimum absolute atomic E-state index is 0.160. The quantitative estimate of drug-likeness (QED) is 0.120. The van der Waals surface area contributed by atoms with Gasteiger partial charge in [0.1, 0.15) is 0 Å². The summed E-state index contributed by atoms with van der Waals surface area (Å²) in [5.41, 5.74) is 28.2. The average Bonchev–Trinajstić information content (AvgIpc) is 2.67. The van der Waals surface area contributed by atoms with E-state index in [1.807, 2.05) is 39.8 Å². The maximum Gasteiger partial charge on any atom is 0.0243 e. The summed E-state index contributed by atoms with van der Waals surface area (Å²) in [4.78, 5) is 0. The molecule has 0 saturated heterocycles. The molecule has 416 valence electrons. The first-order valence-corrected chi connectivity index (χ1v) is 30.6. The molecule has 0 heterocycles. The molecule has 4 aliphatic rings. The van der Waals surface area contributed by atoms with Crippen LogP contribution in [0.4, 0.5) is 0 Å². The van der Waals surface area contributed by atoms with Gasteiger partial charge >= 0.3 is 0 Å². The Morgan fingerprint density at radius 2 is 0.581 bits per heavy atom. The molecule has 0 fully saturated rings. The second-order valence-electron chi connectivity index (χ2n) is 23.0. The number of fused-ring (bicyclic) bond motifs is 12. The van der Waals surface area contributed by atoms with Crippen LogP contribution in [0, 0.1) is 12.3 Å².